The van der Waals surface area contributed by atoms with Crippen molar-refractivity contribution in [3.05, 3.63) is 35.6 Å². The van der Waals surface area contributed by atoms with Crippen LogP contribution in [0.2, 0.25) is 0 Å². The highest BCUT2D eigenvalue weighted by atomic mass is 35.5. The first-order valence-corrected chi connectivity index (χ1v) is 8.58. The van der Waals surface area contributed by atoms with Gasteiger partial charge in [-0.2, -0.15) is 0 Å². The summed E-state index contributed by atoms with van der Waals surface area (Å²) in [5.41, 5.74) is 6.58. The maximum absolute atomic E-state index is 13.2. The quantitative estimate of drug-likeness (QED) is 0.860. The van der Waals surface area contributed by atoms with E-state index >= 15 is 0 Å². The summed E-state index contributed by atoms with van der Waals surface area (Å²) >= 11 is 0. The van der Waals surface area contributed by atoms with Crippen LogP contribution in [0, 0.1) is 5.82 Å². The van der Waals surface area contributed by atoms with Crippen molar-refractivity contribution < 1.29 is 14.0 Å². The summed E-state index contributed by atoms with van der Waals surface area (Å²) in [5, 5.41) is 0. The van der Waals surface area contributed by atoms with Crippen molar-refractivity contribution in [3.8, 4) is 0 Å². The lowest BCUT2D eigenvalue weighted by Gasteiger charge is -2.24. The van der Waals surface area contributed by atoms with Crippen molar-refractivity contribution >= 4 is 24.2 Å². The molecule has 1 unspecified atom stereocenters. The second-order valence-electron chi connectivity index (χ2n) is 6.26. The highest BCUT2D eigenvalue weighted by Crippen LogP contribution is 2.10. The first kappa shape index (κ1) is 21.4. The van der Waals surface area contributed by atoms with Crippen molar-refractivity contribution in [2.24, 2.45) is 5.73 Å². The number of amides is 2. The van der Waals surface area contributed by atoms with Gasteiger partial charge in [-0.25, -0.2) is 4.39 Å². The smallest absolute Gasteiger partial charge is 0.239 e. The Balaban J connectivity index is 0.00000312. The third kappa shape index (κ3) is 6.29. The number of rotatable bonds is 5. The van der Waals surface area contributed by atoms with Crippen LogP contribution >= 0.6 is 12.4 Å². The summed E-state index contributed by atoms with van der Waals surface area (Å²) in [5.74, 6) is -0.401. The van der Waals surface area contributed by atoms with Crippen LogP contribution in [0.15, 0.2) is 24.3 Å². The van der Waals surface area contributed by atoms with Gasteiger partial charge in [-0.3, -0.25) is 9.59 Å². The molecule has 2 amide bonds. The summed E-state index contributed by atoms with van der Waals surface area (Å²) in [7, 11) is 0. The van der Waals surface area contributed by atoms with Gasteiger partial charge in [-0.1, -0.05) is 25.5 Å². The monoisotopic (exact) mass is 371 g/mol. The Hall–Kier alpha value is -1.66. The fourth-order valence-corrected chi connectivity index (χ4v) is 2.99. The molecule has 0 spiro atoms. The molecule has 1 aliphatic heterocycles. The van der Waals surface area contributed by atoms with Crippen LogP contribution < -0.4 is 5.73 Å². The van der Waals surface area contributed by atoms with Crippen LogP contribution in [-0.2, 0) is 16.0 Å². The summed E-state index contributed by atoms with van der Waals surface area (Å²) in [6.45, 7) is 4.24. The number of carbonyl (C=O) groups is 2. The molecule has 1 atom stereocenters. The number of hydrogen-bond acceptors (Lipinski definition) is 3. The van der Waals surface area contributed by atoms with Gasteiger partial charge >= 0.3 is 0 Å². The molecule has 25 heavy (non-hydrogen) atoms. The van der Waals surface area contributed by atoms with E-state index in [4.69, 9.17) is 5.73 Å². The summed E-state index contributed by atoms with van der Waals surface area (Å²) in [4.78, 5) is 28.2. The molecule has 7 heteroatoms. The van der Waals surface area contributed by atoms with E-state index in [1.54, 1.807) is 21.9 Å². The Morgan fingerprint density at radius 3 is 2.56 bits per heavy atom. The highest BCUT2D eigenvalue weighted by Gasteiger charge is 2.25. The molecular formula is C18H27ClFN3O2. The van der Waals surface area contributed by atoms with Crippen molar-refractivity contribution in [3.63, 3.8) is 0 Å². The fraction of sp³-hybridized carbons (Fsp3) is 0.556. The van der Waals surface area contributed by atoms with Crippen LogP contribution in [0.5, 0.6) is 0 Å². The fourth-order valence-electron chi connectivity index (χ4n) is 2.99. The van der Waals surface area contributed by atoms with Gasteiger partial charge < -0.3 is 15.5 Å². The Morgan fingerprint density at radius 1 is 1.20 bits per heavy atom. The standard InChI is InChI=1S/C18H26FN3O2.ClH/c1-2-5-16(20)18(24)22-9-4-8-21(10-11-22)17(23)13-14-6-3-7-15(19)12-14;/h3,6-7,12,16H,2,4-5,8-11,13,20H2,1H3;1H. The van der Waals surface area contributed by atoms with Crippen LogP contribution in [-0.4, -0.2) is 53.8 Å². The summed E-state index contributed by atoms with van der Waals surface area (Å²) in [6, 6.07) is 5.65. The molecule has 0 aromatic heterocycles. The molecule has 1 fully saturated rings. The van der Waals surface area contributed by atoms with Crippen molar-refractivity contribution in [2.45, 2.75) is 38.6 Å². The van der Waals surface area contributed by atoms with Crippen molar-refractivity contribution in [2.75, 3.05) is 26.2 Å². The zero-order valence-corrected chi connectivity index (χ0v) is 15.4. The van der Waals surface area contributed by atoms with Crippen LogP contribution in [0.1, 0.15) is 31.7 Å². The SMILES string of the molecule is CCCC(N)C(=O)N1CCCN(C(=O)Cc2cccc(F)c2)CC1.Cl. The minimum absolute atomic E-state index is 0. The van der Waals surface area contributed by atoms with Crippen molar-refractivity contribution in [1.29, 1.82) is 0 Å². The van der Waals surface area contributed by atoms with Gasteiger partial charge in [-0.05, 0) is 30.5 Å². The highest BCUT2D eigenvalue weighted by molar-refractivity contribution is 5.85. The van der Waals surface area contributed by atoms with Gasteiger partial charge in [-0.15, -0.1) is 12.4 Å². The maximum atomic E-state index is 13.2. The predicted molar refractivity (Wildman–Crippen MR) is 98.0 cm³/mol. The Kier molecular flexibility index (Phi) is 8.86. The molecule has 1 saturated heterocycles. The third-order valence-corrected chi connectivity index (χ3v) is 4.32. The number of nitrogens with two attached hydrogens (primary N) is 1. The molecule has 2 rings (SSSR count). The molecule has 0 aliphatic carbocycles. The summed E-state index contributed by atoms with van der Waals surface area (Å²) in [6.07, 6.45) is 2.47. The second kappa shape index (κ2) is 10.4. The molecule has 1 heterocycles. The molecule has 0 saturated carbocycles. The Morgan fingerprint density at radius 2 is 1.88 bits per heavy atom. The molecule has 1 aromatic carbocycles. The minimum Gasteiger partial charge on any atom is -0.341 e. The van der Waals surface area contributed by atoms with Gasteiger partial charge in [0, 0.05) is 26.2 Å². The van der Waals surface area contributed by atoms with E-state index in [2.05, 4.69) is 0 Å². The third-order valence-electron chi connectivity index (χ3n) is 4.32. The van der Waals surface area contributed by atoms with Gasteiger partial charge in [0.1, 0.15) is 5.82 Å². The van der Waals surface area contributed by atoms with E-state index in [0.717, 1.165) is 12.8 Å². The Labute approximate surface area is 154 Å². The van der Waals surface area contributed by atoms with Gasteiger partial charge in [0.15, 0.2) is 0 Å². The average molecular weight is 372 g/mol. The average Bonchev–Trinajstić information content (AvgIpc) is 2.80. The minimum atomic E-state index is -0.454. The van der Waals surface area contributed by atoms with Crippen molar-refractivity contribution in [1.82, 2.24) is 9.80 Å². The predicted octanol–water partition coefficient (Wildman–Crippen LogP) is 1.98. The van der Waals surface area contributed by atoms with E-state index < -0.39 is 6.04 Å². The molecule has 2 N–H and O–H groups in total. The largest absolute Gasteiger partial charge is 0.341 e. The Bertz CT molecular complexity index is 585. The lowest BCUT2D eigenvalue weighted by Crippen LogP contribution is -2.45. The zero-order valence-electron chi connectivity index (χ0n) is 14.6. The number of halogens is 2. The number of nitrogens with zero attached hydrogens (tertiary/aromatic N) is 2. The van der Waals surface area contributed by atoms with Gasteiger partial charge in [0.25, 0.3) is 0 Å². The number of carbonyl (C=O) groups excluding carboxylic acids is 2. The van der Waals surface area contributed by atoms with Gasteiger partial charge in [0.05, 0.1) is 12.5 Å². The lowest BCUT2D eigenvalue weighted by atomic mass is 10.1. The molecule has 5 nitrogen and oxygen atoms in total. The molecular weight excluding hydrogens is 345 g/mol. The van der Waals surface area contributed by atoms with E-state index in [0.29, 0.717) is 38.2 Å². The molecule has 0 radical (unpaired) electrons. The zero-order chi connectivity index (χ0) is 17.5. The summed E-state index contributed by atoms with van der Waals surface area (Å²) < 4.78 is 13.2. The van der Waals surface area contributed by atoms with Gasteiger partial charge in [0.2, 0.25) is 11.8 Å². The normalized spacial score (nSPS) is 16.0. The maximum Gasteiger partial charge on any atom is 0.239 e. The molecule has 1 aromatic rings. The second-order valence-corrected chi connectivity index (χ2v) is 6.26. The first-order chi connectivity index (χ1) is 11.5. The van der Waals surface area contributed by atoms with Crippen LogP contribution in [0.4, 0.5) is 4.39 Å². The first-order valence-electron chi connectivity index (χ1n) is 8.58. The molecule has 0 bridgehead atoms. The van der Waals surface area contributed by atoms with E-state index in [1.165, 1.54) is 12.1 Å². The van der Waals surface area contributed by atoms with Crippen LogP contribution in [0.25, 0.3) is 0 Å². The van der Waals surface area contributed by atoms with Crippen LogP contribution in [0.3, 0.4) is 0 Å². The molecule has 1 aliphatic rings. The molecule has 140 valence electrons. The van der Waals surface area contributed by atoms with E-state index in [9.17, 15) is 14.0 Å². The number of benzene rings is 1. The number of hydrogen-bond donors (Lipinski definition) is 1. The lowest BCUT2D eigenvalue weighted by molar-refractivity contribution is -0.134. The van der Waals surface area contributed by atoms with E-state index in [-0.39, 0.29) is 36.5 Å². The van der Waals surface area contributed by atoms with E-state index in [1.807, 2.05) is 6.92 Å². The topological polar surface area (TPSA) is 66.6 Å².